The molecule has 2 N–H and O–H groups in total. The van der Waals surface area contributed by atoms with Gasteiger partial charge in [-0.2, -0.15) is 0 Å². The van der Waals surface area contributed by atoms with Crippen molar-refractivity contribution in [2.24, 2.45) is 13.0 Å². The molecular formula is C29H36ClN5O2. The van der Waals surface area contributed by atoms with Crippen LogP contribution in [0.15, 0.2) is 36.7 Å². The lowest BCUT2D eigenvalue weighted by atomic mass is 9.84. The Bertz CT molecular complexity index is 1390. The van der Waals surface area contributed by atoms with Crippen LogP contribution in [-0.2, 0) is 7.05 Å². The predicted molar refractivity (Wildman–Crippen MR) is 150 cm³/mol. The fourth-order valence-electron chi connectivity index (χ4n) is 6.35. The van der Waals surface area contributed by atoms with Gasteiger partial charge in [0.15, 0.2) is 11.5 Å². The predicted octanol–water partition coefficient (Wildman–Crippen LogP) is 5.62. The molecule has 4 aromatic rings. The van der Waals surface area contributed by atoms with Gasteiger partial charge in [0, 0.05) is 60.1 Å². The van der Waals surface area contributed by atoms with E-state index in [4.69, 9.17) is 21.1 Å². The molecule has 2 aliphatic rings. The zero-order valence-corrected chi connectivity index (χ0v) is 22.5. The standard InChI is InChI=1S/C29H36ClN5O2/c1-34-18-22(24-15-21-23(30)8-11-32-29(21)33-24)20-16-27(36-2)28(17-26(20)34)37-14-13-35-12-4-3-5-25(35)19-6-9-31-10-7-19/h8,11,15-19,25,31H,3-7,9-10,12-14H2,1-2H3,(H,32,33). The van der Waals surface area contributed by atoms with Gasteiger partial charge in [0.25, 0.3) is 0 Å². The van der Waals surface area contributed by atoms with Crippen LogP contribution in [0.25, 0.3) is 33.2 Å². The number of benzene rings is 1. The first-order valence-corrected chi connectivity index (χ1v) is 13.9. The number of methoxy groups -OCH3 is 1. The molecule has 0 radical (unpaired) electrons. The monoisotopic (exact) mass is 521 g/mol. The van der Waals surface area contributed by atoms with Gasteiger partial charge in [0.1, 0.15) is 12.3 Å². The van der Waals surface area contributed by atoms with Crippen LogP contribution < -0.4 is 14.8 Å². The molecule has 2 fully saturated rings. The van der Waals surface area contributed by atoms with Gasteiger partial charge in [-0.25, -0.2) is 4.98 Å². The maximum Gasteiger partial charge on any atom is 0.163 e. The van der Waals surface area contributed by atoms with Crippen molar-refractivity contribution >= 4 is 33.5 Å². The Balaban J connectivity index is 1.22. The van der Waals surface area contributed by atoms with Gasteiger partial charge in [-0.3, -0.25) is 4.90 Å². The van der Waals surface area contributed by atoms with E-state index >= 15 is 0 Å². The summed E-state index contributed by atoms with van der Waals surface area (Å²) in [4.78, 5) is 10.5. The highest BCUT2D eigenvalue weighted by Crippen LogP contribution is 2.39. The quantitative estimate of drug-likeness (QED) is 0.330. The molecule has 1 aromatic carbocycles. The molecule has 2 saturated heterocycles. The van der Waals surface area contributed by atoms with Crippen LogP contribution in [0.3, 0.4) is 0 Å². The van der Waals surface area contributed by atoms with Crippen molar-refractivity contribution in [3.8, 4) is 22.8 Å². The molecule has 0 saturated carbocycles. The molecule has 0 aliphatic carbocycles. The summed E-state index contributed by atoms with van der Waals surface area (Å²) < 4.78 is 14.3. The number of nitrogens with one attached hydrogen (secondary N) is 2. The number of H-pyrrole nitrogens is 1. The first-order valence-electron chi connectivity index (χ1n) is 13.5. The molecule has 196 valence electrons. The summed E-state index contributed by atoms with van der Waals surface area (Å²) in [6.45, 7) is 5.11. The molecule has 6 rings (SSSR count). The van der Waals surface area contributed by atoms with E-state index in [1.165, 1.54) is 38.6 Å². The Morgan fingerprint density at radius 3 is 2.76 bits per heavy atom. The van der Waals surface area contributed by atoms with Gasteiger partial charge in [0.2, 0.25) is 0 Å². The Morgan fingerprint density at radius 1 is 1.08 bits per heavy atom. The molecular weight excluding hydrogens is 486 g/mol. The van der Waals surface area contributed by atoms with Crippen molar-refractivity contribution in [2.75, 3.05) is 39.9 Å². The third kappa shape index (κ3) is 4.80. The normalized spacial score (nSPS) is 19.6. The Kier molecular flexibility index (Phi) is 7.02. The Morgan fingerprint density at radius 2 is 1.95 bits per heavy atom. The van der Waals surface area contributed by atoms with E-state index in [1.807, 2.05) is 6.07 Å². The van der Waals surface area contributed by atoms with Crippen molar-refractivity contribution in [2.45, 2.75) is 38.1 Å². The van der Waals surface area contributed by atoms with E-state index in [0.29, 0.717) is 17.7 Å². The number of fused-ring (bicyclic) bond motifs is 2. The van der Waals surface area contributed by atoms with Crippen LogP contribution in [0.4, 0.5) is 0 Å². The fraction of sp³-hybridized carbons (Fsp3) is 0.483. The van der Waals surface area contributed by atoms with Crippen LogP contribution in [0.5, 0.6) is 11.5 Å². The molecule has 0 amide bonds. The maximum absolute atomic E-state index is 6.40. The summed E-state index contributed by atoms with van der Waals surface area (Å²) in [5, 5.41) is 6.22. The largest absolute Gasteiger partial charge is 0.493 e. The van der Waals surface area contributed by atoms with E-state index in [9.17, 15) is 0 Å². The van der Waals surface area contributed by atoms with Crippen molar-refractivity contribution in [3.63, 3.8) is 0 Å². The SMILES string of the molecule is COc1cc2c(-c3cc4c(Cl)ccnc4[nH]3)cn(C)c2cc1OCCN1CCCCC1C1CCNCC1. The first kappa shape index (κ1) is 24.6. The molecule has 1 unspecified atom stereocenters. The minimum Gasteiger partial charge on any atom is -0.493 e. The third-order valence-corrected chi connectivity index (χ3v) is 8.60. The second-order valence-corrected chi connectivity index (χ2v) is 10.9. The number of rotatable bonds is 7. The van der Waals surface area contributed by atoms with E-state index in [-0.39, 0.29) is 0 Å². The van der Waals surface area contributed by atoms with E-state index in [2.05, 4.69) is 56.2 Å². The average Bonchev–Trinajstić information content (AvgIpc) is 3.51. The number of aromatic amines is 1. The zero-order chi connectivity index (χ0) is 25.4. The summed E-state index contributed by atoms with van der Waals surface area (Å²) in [5.41, 5.74) is 3.93. The van der Waals surface area contributed by atoms with Crippen molar-refractivity contribution in [1.82, 2.24) is 24.8 Å². The number of hydrogen-bond acceptors (Lipinski definition) is 5. The molecule has 37 heavy (non-hydrogen) atoms. The number of hydrogen-bond donors (Lipinski definition) is 2. The Labute approximate surface area is 223 Å². The molecule has 3 aromatic heterocycles. The number of aryl methyl sites for hydroxylation is 1. The highest BCUT2D eigenvalue weighted by Gasteiger charge is 2.30. The van der Waals surface area contributed by atoms with Crippen molar-refractivity contribution in [3.05, 3.63) is 41.7 Å². The number of halogens is 1. The molecule has 2 aliphatic heterocycles. The van der Waals surface area contributed by atoms with Crippen LogP contribution in [-0.4, -0.2) is 65.4 Å². The van der Waals surface area contributed by atoms with E-state index in [0.717, 1.165) is 70.2 Å². The molecule has 0 bridgehead atoms. The van der Waals surface area contributed by atoms with Gasteiger partial charge in [0.05, 0.1) is 17.6 Å². The van der Waals surface area contributed by atoms with Crippen molar-refractivity contribution < 1.29 is 9.47 Å². The van der Waals surface area contributed by atoms with Gasteiger partial charge in [-0.15, -0.1) is 0 Å². The zero-order valence-electron chi connectivity index (χ0n) is 21.7. The molecule has 7 nitrogen and oxygen atoms in total. The summed E-state index contributed by atoms with van der Waals surface area (Å²) >= 11 is 6.40. The van der Waals surface area contributed by atoms with Gasteiger partial charge in [-0.05, 0) is 69.4 Å². The average molecular weight is 522 g/mol. The lowest BCUT2D eigenvalue weighted by Crippen LogP contribution is -2.48. The summed E-state index contributed by atoms with van der Waals surface area (Å²) in [6, 6.07) is 8.76. The number of pyridine rings is 1. The third-order valence-electron chi connectivity index (χ3n) is 8.27. The van der Waals surface area contributed by atoms with Gasteiger partial charge >= 0.3 is 0 Å². The topological polar surface area (TPSA) is 67.3 Å². The lowest BCUT2D eigenvalue weighted by molar-refractivity contribution is 0.0707. The number of ether oxygens (including phenoxy) is 2. The number of likely N-dealkylation sites (tertiary alicyclic amines) is 1. The second kappa shape index (κ2) is 10.6. The number of aromatic nitrogens is 3. The highest BCUT2D eigenvalue weighted by atomic mass is 35.5. The molecule has 5 heterocycles. The van der Waals surface area contributed by atoms with Crippen molar-refractivity contribution in [1.29, 1.82) is 0 Å². The molecule has 1 atom stereocenters. The van der Waals surface area contributed by atoms with Crippen LogP contribution >= 0.6 is 11.6 Å². The molecule has 8 heteroatoms. The smallest absolute Gasteiger partial charge is 0.163 e. The van der Waals surface area contributed by atoms with Crippen LogP contribution in [0.1, 0.15) is 32.1 Å². The van der Waals surface area contributed by atoms with Gasteiger partial charge in [-0.1, -0.05) is 18.0 Å². The van der Waals surface area contributed by atoms with E-state index in [1.54, 1.807) is 13.3 Å². The number of nitrogens with zero attached hydrogens (tertiary/aromatic N) is 3. The summed E-state index contributed by atoms with van der Waals surface area (Å²) in [7, 11) is 3.77. The minimum absolute atomic E-state index is 0.660. The first-order chi connectivity index (χ1) is 18.1. The summed E-state index contributed by atoms with van der Waals surface area (Å²) in [6.07, 6.45) is 10.4. The lowest BCUT2D eigenvalue weighted by Gasteiger charge is -2.42. The second-order valence-electron chi connectivity index (χ2n) is 10.4. The number of piperidine rings is 2. The van der Waals surface area contributed by atoms with Crippen LogP contribution in [0, 0.1) is 5.92 Å². The Hall–Kier alpha value is -2.74. The van der Waals surface area contributed by atoms with E-state index < -0.39 is 0 Å². The maximum atomic E-state index is 6.40. The fourth-order valence-corrected chi connectivity index (χ4v) is 6.55. The highest BCUT2D eigenvalue weighted by molar-refractivity contribution is 6.35. The van der Waals surface area contributed by atoms with Crippen LogP contribution in [0.2, 0.25) is 5.02 Å². The van der Waals surface area contributed by atoms with Gasteiger partial charge < -0.3 is 24.3 Å². The molecule has 0 spiro atoms. The minimum atomic E-state index is 0.660. The summed E-state index contributed by atoms with van der Waals surface area (Å²) in [5.74, 6) is 2.35.